The number of ether oxygens (including phenoxy) is 1. The Morgan fingerprint density at radius 1 is 1.50 bits per heavy atom. The summed E-state index contributed by atoms with van der Waals surface area (Å²) in [7, 11) is 0. The van der Waals surface area contributed by atoms with E-state index in [1.54, 1.807) is 11.3 Å². The van der Waals surface area contributed by atoms with Crippen LogP contribution in [0, 0.1) is 0 Å². The molecule has 0 unspecified atom stereocenters. The van der Waals surface area contributed by atoms with Crippen LogP contribution in [0.3, 0.4) is 0 Å². The predicted molar refractivity (Wildman–Crippen MR) is 73.1 cm³/mol. The van der Waals surface area contributed by atoms with E-state index in [1.165, 1.54) is 11.3 Å². The third-order valence-electron chi connectivity index (χ3n) is 3.08. The molecule has 1 amide bonds. The van der Waals surface area contributed by atoms with Crippen LogP contribution in [-0.2, 0) is 9.53 Å². The zero-order chi connectivity index (χ0) is 12.6. The molecule has 0 radical (unpaired) electrons. The van der Waals surface area contributed by atoms with Crippen LogP contribution < -0.4 is 11.1 Å². The number of thiazole rings is 1. The lowest BCUT2D eigenvalue weighted by Crippen LogP contribution is -2.54. The van der Waals surface area contributed by atoms with E-state index in [9.17, 15) is 4.79 Å². The number of amides is 1. The minimum absolute atomic E-state index is 0.160. The Kier molecular flexibility index (Phi) is 3.06. The average Bonchev–Trinajstić information content (AvgIpc) is 2.90. The Bertz CT molecular complexity index is 543. The van der Waals surface area contributed by atoms with Crippen molar-refractivity contribution in [2.45, 2.75) is 18.4 Å². The maximum atomic E-state index is 12.2. The second kappa shape index (κ2) is 4.58. The van der Waals surface area contributed by atoms with E-state index in [4.69, 9.17) is 10.5 Å². The third kappa shape index (κ3) is 2.14. The predicted octanol–water partition coefficient (Wildman–Crippen LogP) is 1.80. The van der Waals surface area contributed by atoms with Crippen molar-refractivity contribution in [1.29, 1.82) is 0 Å². The molecule has 0 saturated carbocycles. The number of fused-ring (bicyclic) bond motifs is 1. The lowest BCUT2D eigenvalue weighted by atomic mass is 9.90. The van der Waals surface area contributed by atoms with Crippen LogP contribution in [0.2, 0.25) is 0 Å². The maximum absolute atomic E-state index is 12.2. The Morgan fingerprint density at radius 2 is 2.28 bits per heavy atom. The van der Waals surface area contributed by atoms with Gasteiger partial charge in [-0.2, -0.15) is 0 Å². The van der Waals surface area contributed by atoms with Gasteiger partial charge in [-0.25, -0.2) is 4.98 Å². The summed E-state index contributed by atoms with van der Waals surface area (Å²) in [5, 5.41) is 5.43. The number of hydrogen-bond donors (Lipinski definition) is 2. The fourth-order valence-corrected chi connectivity index (χ4v) is 3.74. The summed E-state index contributed by atoms with van der Waals surface area (Å²) in [5.41, 5.74) is 6.21. The van der Waals surface area contributed by atoms with Crippen LogP contribution >= 0.6 is 22.7 Å². The van der Waals surface area contributed by atoms with Crippen molar-refractivity contribution in [2.75, 3.05) is 18.5 Å². The first-order valence-corrected chi connectivity index (χ1v) is 7.39. The van der Waals surface area contributed by atoms with Crippen molar-refractivity contribution in [3.8, 4) is 0 Å². The van der Waals surface area contributed by atoms with Gasteiger partial charge in [0.05, 0.1) is 5.52 Å². The lowest BCUT2D eigenvalue weighted by molar-refractivity contribution is -0.124. The number of hydrogen-bond acceptors (Lipinski definition) is 6. The van der Waals surface area contributed by atoms with Gasteiger partial charge >= 0.3 is 0 Å². The number of nitrogens with zero attached hydrogens (tertiary/aromatic N) is 1. The average molecular weight is 283 g/mol. The highest BCUT2D eigenvalue weighted by Crippen LogP contribution is 2.31. The standard InChI is InChI=1S/C11H13N3O2S2/c12-11(2-4-16-5-3-11)9(15)14-10-13-7-1-6-17-8(7)18-10/h1,6H,2-5,12H2,(H,13,14,15). The van der Waals surface area contributed by atoms with Crippen LogP contribution in [0.4, 0.5) is 5.13 Å². The first-order valence-electron chi connectivity index (χ1n) is 5.69. The first-order chi connectivity index (χ1) is 8.67. The summed E-state index contributed by atoms with van der Waals surface area (Å²) in [6, 6.07) is 1.94. The number of anilines is 1. The highest BCUT2D eigenvalue weighted by atomic mass is 32.2. The van der Waals surface area contributed by atoms with Gasteiger partial charge in [0.15, 0.2) is 5.13 Å². The number of aromatic nitrogens is 1. The quantitative estimate of drug-likeness (QED) is 0.881. The van der Waals surface area contributed by atoms with Gasteiger partial charge in [0.25, 0.3) is 0 Å². The number of thiophene rings is 1. The number of carbonyl (C=O) groups is 1. The molecule has 1 saturated heterocycles. The summed E-state index contributed by atoms with van der Waals surface area (Å²) < 4.78 is 6.34. The van der Waals surface area contributed by atoms with E-state index in [1.807, 2.05) is 11.4 Å². The van der Waals surface area contributed by atoms with Gasteiger partial charge < -0.3 is 15.8 Å². The molecular formula is C11H13N3O2S2. The van der Waals surface area contributed by atoms with Crippen LogP contribution in [-0.4, -0.2) is 29.6 Å². The topological polar surface area (TPSA) is 77.2 Å². The van der Waals surface area contributed by atoms with E-state index >= 15 is 0 Å². The number of nitrogens with one attached hydrogen (secondary N) is 1. The van der Waals surface area contributed by atoms with Crippen LogP contribution in [0.1, 0.15) is 12.8 Å². The van der Waals surface area contributed by atoms with Crippen molar-refractivity contribution in [1.82, 2.24) is 4.98 Å². The Labute approximate surface area is 112 Å². The van der Waals surface area contributed by atoms with E-state index in [-0.39, 0.29) is 5.91 Å². The SMILES string of the molecule is NC1(C(=O)Nc2nc3ccsc3s2)CCOCC1. The van der Waals surface area contributed by atoms with Gasteiger partial charge in [-0.05, 0) is 24.3 Å². The molecule has 0 aliphatic carbocycles. The summed E-state index contributed by atoms with van der Waals surface area (Å²) in [6.07, 6.45) is 1.11. The van der Waals surface area contributed by atoms with Gasteiger partial charge in [0, 0.05) is 13.2 Å². The maximum Gasteiger partial charge on any atom is 0.246 e. The monoisotopic (exact) mass is 283 g/mol. The smallest absolute Gasteiger partial charge is 0.246 e. The fourth-order valence-electron chi connectivity index (χ4n) is 1.91. The van der Waals surface area contributed by atoms with E-state index < -0.39 is 5.54 Å². The molecule has 5 nitrogen and oxygen atoms in total. The van der Waals surface area contributed by atoms with Gasteiger partial charge in [0.1, 0.15) is 9.55 Å². The number of nitrogens with two attached hydrogens (primary N) is 1. The van der Waals surface area contributed by atoms with Crippen molar-refractivity contribution >= 4 is 43.2 Å². The minimum Gasteiger partial charge on any atom is -0.381 e. The molecule has 0 atom stereocenters. The van der Waals surface area contributed by atoms with Gasteiger partial charge in [-0.1, -0.05) is 11.3 Å². The number of carbonyl (C=O) groups excluding carboxylic acids is 1. The molecule has 3 rings (SSSR count). The molecule has 1 aliphatic rings. The Hall–Kier alpha value is -1.02. The third-order valence-corrected chi connectivity index (χ3v) is 5.09. The fraction of sp³-hybridized carbons (Fsp3) is 0.455. The molecule has 1 aliphatic heterocycles. The van der Waals surface area contributed by atoms with Gasteiger partial charge in [-0.15, -0.1) is 11.3 Å². The first kappa shape index (κ1) is 12.0. The molecule has 2 aromatic heterocycles. The van der Waals surface area contributed by atoms with E-state index in [2.05, 4.69) is 10.3 Å². The number of rotatable bonds is 2. The van der Waals surface area contributed by atoms with E-state index in [0.717, 1.165) is 9.53 Å². The summed E-state index contributed by atoms with van der Waals surface area (Å²) in [5.74, 6) is -0.160. The van der Waals surface area contributed by atoms with Crippen molar-refractivity contribution in [3.63, 3.8) is 0 Å². The molecule has 0 aromatic carbocycles. The molecule has 3 N–H and O–H groups in total. The second-order valence-electron chi connectivity index (χ2n) is 4.33. The van der Waals surface area contributed by atoms with E-state index in [0.29, 0.717) is 31.2 Å². The molecule has 3 heterocycles. The van der Waals surface area contributed by atoms with Crippen LogP contribution in [0.25, 0.3) is 9.53 Å². The molecule has 7 heteroatoms. The summed E-state index contributed by atoms with van der Waals surface area (Å²) in [4.78, 5) is 16.5. The van der Waals surface area contributed by atoms with Crippen molar-refractivity contribution in [3.05, 3.63) is 11.4 Å². The summed E-state index contributed by atoms with van der Waals surface area (Å²) >= 11 is 3.11. The zero-order valence-electron chi connectivity index (χ0n) is 9.64. The Balaban J connectivity index is 1.75. The summed E-state index contributed by atoms with van der Waals surface area (Å²) in [6.45, 7) is 1.08. The molecular weight excluding hydrogens is 270 g/mol. The molecule has 0 bridgehead atoms. The normalized spacial score (nSPS) is 18.9. The Morgan fingerprint density at radius 3 is 3.00 bits per heavy atom. The largest absolute Gasteiger partial charge is 0.381 e. The van der Waals surface area contributed by atoms with Crippen molar-refractivity contribution in [2.24, 2.45) is 5.73 Å². The molecule has 0 spiro atoms. The highest BCUT2D eigenvalue weighted by Gasteiger charge is 2.36. The van der Waals surface area contributed by atoms with Crippen LogP contribution in [0.15, 0.2) is 11.4 Å². The minimum atomic E-state index is -0.822. The van der Waals surface area contributed by atoms with Crippen LogP contribution in [0.5, 0.6) is 0 Å². The van der Waals surface area contributed by atoms with Crippen molar-refractivity contribution < 1.29 is 9.53 Å². The zero-order valence-corrected chi connectivity index (χ0v) is 11.3. The highest BCUT2D eigenvalue weighted by molar-refractivity contribution is 7.39. The lowest BCUT2D eigenvalue weighted by Gasteiger charge is -2.31. The van der Waals surface area contributed by atoms with Gasteiger partial charge in [0.2, 0.25) is 5.91 Å². The van der Waals surface area contributed by atoms with Gasteiger partial charge in [-0.3, -0.25) is 4.79 Å². The molecule has 18 heavy (non-hydrogen) atoms. The molecule has 1 fully saturated rings. The second-order valence-corrected chi connectivity index (χ2v) is 6.51. The molecule has 2 aromatic rings. The molecule has 96 valence electrons.